The van der Waals surface area contributed by atoms with Crippen LogP contribution in [0.2, 0.25) is 0 Å². The lowest BCUT2D eigenvalue weighted by Crippen LogP contribution is -2.25. The van der Waals surface area contributed by atoms with Crippen molar-refractivity contribution in [3.05, 3.63) is 47.0 Å². The first kappa shape index (κ1) is 17.0. The second-order valence-electron chi connectivity index (χ2n) is 5.55. The van der Waals surface area contributed by atoms with Crippen LogP contribution in [0.1, 0.15) is 23.5 Å². The minimum Gasteiger partial charge on any atom is -0.493 e. The van der Waals surface area contributed by atoms with E-state index in [0.717, 1.165) is 6.07 Å². The zero-order chi connectivity index (χ0) is 18.1. The van der Waals surface area contributed by atoms with Crippen LogP contribution >= 0.6 is 0 Å². The van der Waals surface area contributed by atoms with E-state index in [1.807, 2.05) is 0 Å². The number of methoxy groups -OCH3 is 3. The molecule has 1 heterocycles. The van der Waals surface area contributed by atoms with E-state index in [2.05, 4.69) is 5.32 Å². The monoisotopic (exact) mass is 349 g/mol. The Labute approximate surface area is 143 Å². The zero-order valence-electron chi connectivity index (χ0n) is 14.0. The molecule has 7 heteroatoms. The fourth-order valence-electron chi connectivity index (χ4n) is 3.17. The Morgan fingerprint density at radius 3 is 2.44 bits per heavy atom. The first-order chi connectivity index (χ1) is 12.0. The second kappa shape index (κ2) is 6.58. The lowest BCUT2D eigenvalue weighted by atomic mass is 9.83. The Morgan fingerprint density at radius 2 is 1.80 bits per heavy atom. The van der Waals surface area contributed by atoms with Gasteiger partial charge in [0.1, 0.15) is 0 Å². The first-order valence-corrected chi connectivity index (χ1v) is 7.58. The van der Waals surface area contributed by atoms with Crippen molar-refractivity contribution in [1.82, 2.24) is 0 Å². The molecule has 0 saturated heterocycles. The van der Waals surface area contributed by atoms with Crippen molar-refractivity contribution in [1.29, 1.82) is 0 Å². The summed E-state index contributed by atoms with van der Waals surface area (Å²) in [6.45, 7) is 0. The fraction of sp³-hybridized carbons (Fsp3) is 0.278. The van der Waals surface area contributed by atoms with Crippen molar-refractivity contribution in [2.24, 2.45) is 0 Å². The van der Waals surface area contributed by atoms with Crippen molar-refractivity contribution >= 4 is 11.6 Å². The second-order valence-corrected chi connectivity index (χ2v) is 5.55. The van der Waals surface area contributed by atoms with Crippen LogP contribution in [0.25, 0.3) is 0 Å². The molecule has 1 aliphatic heterocycles. The lowest BCUT2D eigenvalue weighted by molar-refractivity contribution is -0.116. The van der Waals surface area contributed by atoms with Crippen LogP contribution in [-0.2, 0) is 4.79 Å². The average Bonchev–Trinajstić information content (AvgIpc) is 2.61. The average molecular weight is 349 g/mol. The maximum absolute atomic E-state index is 14.4. The Hall–Kier alpha value is -2.83. The fourth-order valence-corrected chi connectivity index (χ4v) is 3.17. The summed E-state index contributed by atoms with van der Waals surface area (Å²) >= 11 is 0. The summed E-state index contributed by atoms with van der Waals surface area (Å²) in [5.74, 6) is -1.98. The molecule has 1 atom stereocenters. The van der Waals surface area contributed by atoms with E-state index in [1.165, 1.54) is 33.5 Å². The molecule has 2 aromatic carbocycles. The van der Waals surface area contributed by atoms with Crippen molar-refractivity contribution < 1.29 is 27.8 Å². The van der Waals surface area contributed by atoms with E-state index in [-0.39, 0.29) is 17.9 Å². The minimum atomic E-state index is -0.981. The molecule has 1 unspecified atom stereocenters. The van der Waals surface area contributed by atoms with Crippen LogP contribution < -0.4 is 19.5 Å². The summed E-state index contributed by atoms with van der Waals surface area (Å²) in [7, 11) is 4.34. The number of carbonyl (C=O) groups excluding carboxylic acids is 1. The summed E-state index contributed by atoms with van der Waals surface area (Å²) in [6.07, 6.45) is -0.0424. The smallest absolute Gasteiger partial charge is 0.225 e. The molecule has 5 nitrogen and oxygen atoms in total. The molecule has 25 heavy (non-hydrogen) atoms. The summed E-state index contributed by atoms with van der Waals surface area (Å²) in [6, 6.07) is 5.49. The van der Waals surface area contributed by atoms with Gasteiger partial charge in [-0.25, -0.2) is 8.78 Å². The van der Waals surface area contributed by atoms with E-state index in [1.54, 1.807) is 6.07 Å². The highest BCUT2D eigenvalue weighted by molar-refractivity contribution is 5.97. The van der Waals surface area contributed by atoms with E-state index in [0.29, 0.717) is 28.5 Å². The molecule has 0 bridgehead atoms. The number of ether oxygens (including phenoxy) is 3. The van der Waals surface area contributed by atoms with Gasteiger partial charge in [0.2, 0.25) is 11.7 Å². The predicted octanol–water partition coefficient (Wildman–Crippen LogP) is 3.46. The van der Waals surface area contributed by atoms with Crippen molar-refractivity contribution in [2.75, 3.05) is 26.6 Å². The maximum atomic E-state index is 14.4. The zero-order valence-corrected chi connectivity index (χ0v) is 14.0. The number of halogens is 2. The highest BCUT2D eigenvalue weighted by Gasteiger charge is 2.35. The van der Waals surface area contributed by atoms with Gasteiger partial charge in [-0.05, 0) is 11.6 Å². The first-order valence-electron chi connectivity index (χ1n) is 7.58. The predicted molar refractivity (Wildman–Crippen MR) is 87.5 cm³/mol. The topological polar surface area (TPSA) is 56.8 Å². The van der Waals surface area contributed by atoms with Crippen molar-refractivity contribution in [2.45, 2.75) is 12.3 Å². The van der Waals surface area contributed by atoms with E-state index in [4.69, 9.17) is 14.2 Å². The third kappa shape index (κ3) is 2.75. The summed E-state index contributed by atoms with van der Waals surface area (Å²) < 4.78 is 44.2. The van der Waals surface area contributed by atoms with Gasteiger partial charge >= 0.3 is 0 Å². The summed E-state index contributed by atoms with van der Waals surface area (Å²) in [5.41, 5.74) is 1.02. The van der Waals surface area contributed by atoms with Crippen LogP contribution in [0, 0.1) is 11.6 Å². The van der Waals surface area contributed by atoms with Gasteiger partial charge in [-0.2, -0.15) is 0 Å². The summed E-state index contributed by atoms with van der Waals surface area (Å²) in [4.78, 5) is 12.1. The number of fused-ring (bicyclic) bond motifs is 1. The molecule has 0 aliphatic carbocycles. The molecule has 1 amide bonds. The Bertz CT molecular complexity index is 838. The maximum Gasteiger partial charge on any atom is 0.225 e. The molecule has 132 valence electrons. The molecule has 2 aromatic rings. The third-order valence-corrected chi connectivity index (χ3v) is 4.24. The van der Waals surface area contributed by atoms with Gasteiger partial charge in [0, 0.05) is 24.0 Å². The van der Waals surface area contributed by atoms with Crippen LogP contribution in [0.15, 0.2) is 24.3 Å². The number of anilines is 1. The van der Waals surface area contributed by atoms with Crippen LogP contribution in [0.5, 0.6) is 17.2 Å². The van der Waals surface area contributed by atoms with Crippen LogP contribution in [0.4, 0.5) is 14.5 Å². The van der Waals surface area contributed by atoms with Gasteiger partial charge in [-0.3, -0.25) is 4.79 Å². The molecular formula is C18H17F2NO4. The number of hydrogen-bond donors (Lipinski definition) is 1. The number of carbonyl (C=O) groups is 1. The minimum absolute atomic E-state index is 0.0424. The quantitative estimate of drug-likeness (QED) is 0.918. The molecular weight excluding hydrogens is 332 g/mol. The third-order valence-electron chi connectivity index (χ3n) is 4.24. The van der Waals surface area contributed by atoms with Gasteiger partial charge in [-0.1, -0.05) is 12.1 Å². The molecule has 0 radical (unpaired) electrons. The molecule has 1 N–H and O–H groups in total. The van der Waals surface area contributed by atoms with Crippen molar-refractivity contribution in [3.63, 3.8) is 0 Å². The number of rotatable bonds is 4. The van der Waals surface area contributed by atoms with Gasteiger partial charge < -0.3 is 19.5 Å². The van der Waals surface area contributed by atoms with Crippen LogP contribution in [-0.4, -0.2) is 27.2 Å². The highest BCUT2D eigenvalue weighted by Crippen LogP contribution is 2.51. The van der Waals surface area contributed by atoms with Gasteiger partial charge in [0.15, 0.2) is 23.1 Å². The molecule has 0 aromatic heterocycles. The SMILES string of the molecule is COc1cc2c(c(OC)c1OC)C(c1cccc(F)c1F)CC(=O)N2. The standard InChI is InChI=1S/C18H17F2NO4/c1-23-13-8-12-15(18(25-3)17(13)24-2)10(7-14(22)21-12)9-5-4-6-11(19)16(9)20/h4-6,8,10H,7H2,1-3H3,(H,21,22). The molecule has 0 saturated carbocycles. The highest BCUT2D eigenvalue weighted by atomic mass is 19.2. The van der Waals surface area contributed by atoms with E-state index in [9.17, 15) is 13.6 Å². The molecule has 1 aliphatic rings. The lowest BCUT2D eigenvalue weighted by Gasteiger charge is -2.29. The molecule has 0 spiro atoms. The Balaban J connectivity index is 2.29. The normalized spacial score (nSPS) is 16.0. The number of nitrogens with one attached hydrogen (secondary N) is 1. The van der Waals surface area contributed by atoms with Crippen LogP contribution in [0.3, 0.4) is 0 Å². The Morgan fingerprint density at radius 1 is 1.08 bits per heavy atom. The largest absolute Gasteiger partial charge is 0.493 e. The van der Waals surface area contributed by atoms with Crippen molar-refractivity contribution in [3.8, 4) is 17.2 Å². The number of amides is 1. The Kier molecular flexibility index (Phi) is 4.48. The van der Waals surface area contributed by atoms with Gasteiger partial charge in [0.05, 0.1) is 27.0 Å². The number of benzene rings is 2. The van der Waals surface area contributed by atoms with E-state index >= 15 is 0 Å². The summed E-state index contributed by atoms with van der Waals surface area (Å²) in [5, 5.41) is 2.72. The van der Waals surface area contributed by atoms with Gasteiger partial charge in [0.25, 0.3) is 0 Å². The molecule has 0 fully saturated rings. The van der Waals surface area contributed by atoms with Gasteiger partial charge in [-0.15, -0.1) is 0 Å². The molecule has 3 rings (SSSR count). The van der Waals surface area contributed by atoms with E-state index < -0.39 is 17.6 Å². The number of hydrogen-bond acceptors (Lipinski definition) is 4.